The minimum atomic E-state index is -0.975. The monoisotopic (exact) mass is 440 g/mol. The van der Waals surface area contributed by atoms with E-state index in [1.807, 2.05) is 11.4 Å². The van der Waals surface area contributed by atoms with Crippen molar-refractivity contribution in [1.29, 1.82) is 0 Å². The fraction of sp³-hybridized carbons (Fsp3) is 0.429. The number of aromatic amines is 1. The highest BCUT2D eigenvalue weighted by molar-refractivity contribution is 7.18. The molecule has 0 bridgehead atoms. The predicted molar refractivity (Wildman–Crippen MR) is 115 cm³/mol. The first kappa shape index (κ1) is 18.3. The second kappa shape index (κ2) is 6.49. The Bertz CT molecular complexity index is 1270. The molecule has 1 saturated heterocycles. The number of fused-ring (bicyclic) bond motifs is 5. The Morgan fingerprint density at radius 1 is 1.10 bits per heavy atom. The number of hydrogen-bond donors (Lipinski definition) is 2. The van der Waals surface area contributed by atoms with Crippen LogP contribution in [0, 0.1) is 0 Å². The molecule has 3 aromatic heterocycles. The van der Waals surface area contributed by atoms with Gasteiger partial charge >= 0.3 is 6.03 Å². The molecule has 1 atom stereocenters. The van der Waals surface area contributed by atoms with E-state index >= 15 is 0 Å². The average molecular weight is 441 g/mol. The molecule has 6 rings (SSSR count). The van der Waals surface area contributed by atoms with Crippen molar-refractivity contribution in [3.63, 3.8) is 0 Å². The second-order valence-corrected chi connectivity index (χ2v) is 10.3. The lowest BCUT2D eigenvalue weighted by Crippen LogP contribution is -2.46. The van der Waals surface area contributed by atoms with Gasteiger partial charge in [-0.1, -0.05) is 0 Å². The number of nitrogens with zero attached hydrogens (tertiary/aromatic N) is 2. The molecule has 0 radical (unpaired) electrons. The summed E-state index contributed by atoms with van der Waals surface area (Å²) in [5.74, 6) is 0.105. The number of thiophene rings is 2. The molecule has 30 heavy (non-hydrogen) atoms. The molecular formula is C21H20N4O3S2. The maximum absolute atomic E-state index is 13.4. The van der Waals surface area contributed by atoms with Crippen molar-refractivity contribution in [1.82, 2.24) is 20.2 Å². The van der Waals surface area contributed by atoms with Crippen LogP contribution in [-0.4, -0.2) is 26.8 Å². The summed E-state index contributed by atoms with van der Waals surface area (Å²) in [6, 6.07) is 1.52. The standard InChI is InChI=1S/C21H20N4O3S2/c26-17-16-11-4-1-2-5-13(11)30-18(16)23-15(22-17)10-25-19(27)21(24-20(25)28)8-3-6-14-12(21)7-9-29-14/h7,9H,1-6,8,10H2,(H,24,28)(H,22,23,26)/t21-/m0/s1. The molecule has 0 unspecified atom stereocenters. The van der Waals surface area contributed by atoms with Crippen LogP contribution in [0.3, 0.4) is 0 Å². The van der Waals surface area contributed by atoms with Crippen LogP contribution in [0.5, 0.6) is 0 Å². The molecule has 0 saturated carbocycles. The molecule has 3 amide bonds. The number of carbonyl (C=O) groups is 2. The van der Waals surface area contributed by atoms with Crippen LogP contribution in [0.2, 0.25) is 0 Å². The van der Waals surface area contributed by atoms with Crippen LogP contribution in [-0.2, 0) is 36.1 Å². The van der Waals surface area contributed by atoms with Gasteiger partial charge in [-0.05, 0) is 62.0 Å². The Kier molecular flexibility index (Phi) is 3.95. The number of carbonyl (C=O) groups excluding carboxylic acids is 2. The van der Waals surface area contributed by atoms with E-state index in [0.717, 1.165) is 54.5 Å². The molecule has 3 aliphatic rings. The van der Waals surface area contributed by atoms with E-state index in [1.165, 1.54) is 9.78 Å². The Balaban J connectivity index is 1.36. The maximum atomic E-state index is 13.4. The van der Waals surface area contributed by atoms with Crippen LogP contribution in [0.25, 0.3) is 10.2 Å². The van der Waals surface area contributed by atoms with Crippen LogP contribution in [0.1, 0.15) is 52.4 Å². The highest BCUT2D eigenvalue weighted by atomic mass is 32.1. The van der Waals surface area contributed by atoms with Crippen molar-refractivity contribution in [3.05, 3.63) is 48.5 Å². The van der Waals surface area contributed by atoms with E-state index in [2.05, 4.69) is 15.3 Å². The first-order valence-electron chi connectivity index (χ1n) is 10.3. The van der Waals surface area contributed by atoms with Crippen LogP contribution >= 0.6 is 22.7 Å². The molecular weight excluding hydrogens is 420 g/mol. The van der Waals surface area contributed by atoms with Crippen molar-refractivity contribution >= 4 is 44.8 Å². The second-order valence-electron chi connectivity index (χ2n) is 8.24. The molecule has 4 heterocycles. The first-order valence-corrected chi connectivity index (χ1v) is 12.0. The lowest BCUT2D eigenvalue weighted by atomic mass is 9.80. The van der Waals surface area contributed by atoms with E-state index in [4.69, 9.17) is 0 Å². The summed E-state index contributed by atoms with van der Waals surface area (Å²) in [6.07, 6.45) is 6.52. The molecule has 2 N–H and O–H groups in total. The molecule has 154 valence electrons. The molecule has 1 spiro atoms. The highest BCUT2D eigenvalue weighted by Crippen LogP contribution is 2.42. The Morgan fingerprint density at radius 3 is 2.83 bits per heavy atom. The summed E-state index contributed by atoms with van der Waals surface area (Å²) in [6.45, 7) is -0.0281. The number of nitrogens with one attached hydrogen (secondary N) is 2. The van der Waals surface area contributed by atoms with Gasteiger partial charge in [0.25, 0.3) is 11.5 Å². The molecule has 3 aromatic rings. The number of aromatic nitrogens is 2. The Hall–Kier alpha value is -2.52. The lowest BCUT2D eigenvalue weighted by Gasteiger charge is -2.31. The first-order chi connectivity index (χ1) is 14.6. The van der Waals surface area contributed by atoms with Crippen LogP contribution in [0.15, 0.2) is 16.2 Å². The average Bonchev–Trinajstić information content (AvgIpc) is 3.41. The summed E-state index contributed by atoms with van der Waals surface area (Å²) < 4.78 is 0. The maximum Gasteiger partial charge on any atom is 0.325 e. The Labute approximate surface area is 180 Å². The number of H-pyrrole nitrogens is 1. The van der Waals surface area contributed by atoms with Crippen LogP contribution in [0.4, 0.5) is 4.79 Å². The van der Waals surface area contributed by atoms with Gasteiger partial charge in [-0.15, -0.1) is 22.7 Å². The number of aryl methyl sites for hydroxylation is 3. The summed E-state index contributed by atoms with van der Waals surface area (Å²) in [5.41, 5.74) is 0.899. The molecule has 7 nitrogen and oxygen atoms in total. The molecule has 9 heteroatoms. The zero-order valence-electron chi connectivity index (χ0n) is 16.2. The number of hydrogen-bond acceptors (Lipinski definition) is 6. The van der Waals surface area contributed by atoms with Gasteiger partial charge < -0.3 is 10.3 Å². The van der Waals surface area contributed by atoms with Gasteiger partial charge in [-0.2, -0.15) is 0 Å². The third-order valence-corrected chi connectivity index (χ3v) is 8.68. The van der Waals surface area contributed by atoms with Crippen molar-refractivity contribution in [2.24, 2.45) is 0 Å². The molecule has 2 aliphatic carbocycles. The number of amides is 3. The largest absolute Gasteiger partial charge is 0.325 e. The lowest BCUT2D eigenvalue weighted by molar-refractivity contribution is -0.132. The molecule has 1 aliphatic heterocycles. The highest BCUT2D eigenvalue weighted by Gasteiger charge is 2.54. The van der Waals surface area contributed by atoms with Crippen molar-refractivity contribution < 1.29 is 9.59 Å². The number of rotatable bonds is 2. The topological polar surface area (TPSA) is 95.2 Å². The summed E-state index contributed by atoms with van der Waals surface area (Å²) in [7, 11) is 0. The van der Waals surface area contributed by atoms with Gasteiger partial charge in [-0.3, -0.25) is 14.5 Å². The van der Waals surface area contributed by atoms with E-state index in [9.17, 15) is 14.4 Å². The van der Waals surface area contributed by atoms with Gasteiger partial charge in [0.05, 0.1) is 11.9 Å². The SMILES string of the molecule is O=C1N[C@]2(CCCc3sccc32)C(=O)N1Cc1nc2sc3c(c2c(=O)[nH]1)CCCC3. The van der Waals surface area contributed by atoms with Crippen LogP contribution < -0.4 is 10.9 Å². The quantitative estimate of drug-likeness (QED) is 0.598. The van der Waals surface area contributed by atoms with Crippen molar-refractivity contribution in [2.45, 2.75) is 57.0 Å². The summed E-state index contributed by atoms with van der Waals surface area (Å²) >= 11 is 3.20. The van der Waals surface area contributed by atoms with E-state index < -0.39 is 11.6 Å². The zero-order valence-corrected chi connectivity index (χ0v) is 17.9. The zero-order chi connectivity index (χ0) is 20.5. The minimum Gasteiger partial charge on any atom is -0.319 e. The number of urea groups is 1. The summed E-state index contributed by atoms with van der Waals surface area (Å²) in [5, 5.41) is 5.61. The minimum absolute atomic E-state index is 0.0281. The van der Waals surface area contributed by atoms with Gasteiger partial charge in [-0.25, -0.2) is 9.78 Å². The molecule has 1 fully saturated rings. The fourth-order valence-electron chi connectivity index (χ4n) is 5.12. The third-order valence-electron chi connectivity index (χ3n) is 6.52. The smallest absolute Gasteiger partial charge is 0.319 e. The van der Waals surface area contributed by atoms with Gasteiger partial charge in [0.2, 0.25) is 0 Å². The van der Waals surface area contributed by atoms with Crippen molar-refractivity contribution in [3.8, 4) is 0 Å². The normalized spacial score (nSPS) is 23.1. The fourth-order valence-corrected chi connectivity index (χ4v) is 7.40. The van der Waals surface area contributed by atoms with Gasteiger partial charge in [0.15, 0.2) is 0 Å². The Morgan fingerprint density at radius 2 is 1.93 bits per heavy atom. The van der Waals surface area contributed by atoms with E-state index in [1.54, 1.807) is 22.7 Å². The number of imide groups is 1. The van der Waals surface area contributed by atoms with Gasteiger partial charge in [0, 0.05) is 15.3 Å². The van der Waals surface area contributed by atoms with Gasteiger partial charge in [0.1, 0.15) is 16.2 Å². The third kappa shape index (κ3) is 2.48. The van der Waals surface area contributed by atoms with E-state index in [0.29, 0.717) is 22.5 Å². The molecule has 0 aromatic carbocycles. The van der Waals surface area contributed by atoms with Crippen molar-refractivity contribution in [2.75, 3.05) is 0 Å². The summed E-state index contributed by atoms with van der Waals surface area (Å²) in [4.78, 5) is 50.8. The predicted octanol–water partition coefficient (Wildman–Crippen LogP) is 3.21. The van der Waals surface area contributed by atoms with E-state index in [-0.39, 0.29) is 18.0 Å².